The Morgan fingerprint density at radius 2 is 1.90 bits per heavy atom. The Hall–Kier alpha value is -2.63. The van der Waals surface area contributed by atoms with Gasteiger partial charge in [-0.05, 0) is 58.2 Å². The van der Waals surface area contributed by atoms with Crippen molar-refractivity contribution in [3.63, 3.8) is 0 Å². The third-order valence-corrected chi connectivity index (χ3v) is 4.58. The third kappa shape index (κ3) is 7.32. The van der Waals surface area contributed by atoms with Crippen LogP contribution in [0.25, 0.3) is 11.9 Å². The van der Waals surface area contributed by atoms with Gasteiger partial charge in [-0.3, -0.25) is 4.57 Å². The number of methoxy groups -OCH3 is 1. The maximum Gasteiger partial charge on any atom is 0.334 e. The number of hydrogen-bond donors (Lipinski definition) is 0. The fourth-order valence-electron chi connectivity index (χ4n) is 3.11. The molecule has 0 N–H and O–H groups in total. The molecule has 2 aromatic rings. The Kier molecular flexibility index (Phi) is 8.63. The van der Waals surface area contributed by atoms with Crippen molar-refractivity contribution in [2.45, 2.75) is 78.7 Å². The number of aromatic nitrogens is 3. The molecule has 0 bridgehead atoms. The SMILES string of the molecule is CCCCCCCC(=Cc1cnc(-n2cnc(C)c2)c(OC)c1)C(=O)OC(C)(C)C. The molecule has 0 aliphatic carbocycles. The van der Waals surface area contributed by atoms with Crippen LogP contribution in [0.1, 0.15) is 77.5 Å². The molecule has 0 spiro atoms. The predicted molar refractivity (Wildman–Crippen MR) is 120 cm³/mol. The van der Waals surface area contributed by atoms with Crippen LogP contribution in [0.15, 0.2) is 30.4 Å². The van der Waals surface area contributed by atoms with E-state index in [-0.39, 0.29) is 5.97 Å². The Bertz CT molecular complexity index is 863. The van der Waals surface area contributed by atoms with Crippen LogP contribution >= 0.6 is 0 Å². The standard InChI is InChI=1S/C24H35N3O3/c1-7-8-9-10-11-12-20(23(28)30-24(3,4)5)13-19-14-21(29-6)22(25-15-19)27-16-18(2)26-17-27/h13-17H,7-12H2,1-6H3. The zero-order valence-corrected chi connectivity index (χ0v) is 19.2. The quantitative estimate of drug-likeness (QED) is 0.285. The van der Waals surface area contributed by atoms with E-state index in [4.69, 9.17) is 9.47 Å². The van der Waals surface area contributed by atoms with Crippen molar-refractivity contribution in [3.05, 3.63) is 41.6 Å². The number of carbonyl (C=O) groups is 1. The van der Waals surface area contributed by atoms with Crippen molar-refractivity contribution in [1.82, 2.24) is 14.5 Å². The van der Waals surface area contributed by atoms with Gasteiger partial charge < -0.3 is 9.47 Å². The summed E-state index contributed by atoms with van der Waals surface area (Å²) in [5.74, 6) is 1.01. The summed E-state index contributed by atoms with van der Waals surface area (Å²) in [6.07, 6.45) is 13.6. The van der Waals surface area contributed by atoms with Crippen LogP contribution in [0.5, 0.6) is 5.75 Å². The minimum Gasteiger partial charge on any atom is -0.493 e. The van der Waals surface area contributed by atoms with Gasteiger partial charge in [0.15, 0.2) is 11.6 Å². The normalized spacial score (nSPS) is 12.1. The molecule has 6 heteroatoms. The molecule has 164 valence electrons. The van der Waals surface area contributed by atoms with E-state index in [1.807, 2.05) is 50.6 Å². The lowest BCUT2D eigenvalue weighted by Gasteiger charge is -2.20. The van der Waals surface area contributed by atoms with E-state index in [1.54, 1.807) is 19.6 Å². The third-order valence-electron chi connectivity index (χ3n) is 4.58. The summed E-state index contributed by atoms with van der Waals surface area (Å²) >= 11 is 0. The molecule has 0 aromatic carbocycles. The molecule has 0 fully saturated rings. The smallest absolute Gasteiger partial charge is 0.334 e. The van der Waals surface area contributed by atoms with Crippen molar-refractivity contribution in [1.29, 1.82) is 0 Å². The predicted octanol–water partition coefficient (Wildman–Crippen LogP) is 5.67. The summed E-state index contributed by atoms with van der Waals surface area (Å²) in [6, 6.07) is 1.89. The topological polar surface area (TPSA) is 66.2 Å². The molecule has 30 heavy (non-hydrogen) atoms. The van der Waals surface area contributed by atoms with E-state index in [1.165, 1.54) is 19.3 Å². The van der Waals surface area contributed by atoms with Crippen molar-refractivity contribution in [3.8, 4) is 11.6 Å². The number of ether oxygens (including phenoxy) is 2. The lowest BCUT2D eigenvalue weighted by Crippen LogP contribution is -2.24. The van der Waals surface area contributed by atoms with Gasteiger partial charge in [-0.25, -0.2) is 14.8 Å². The molecule has 0 aliphatic heterocycles. The monoisotopic (exact) mass is 413 g/mol. The second-order valence-corrected chi connectivity index (χ2v) is 8.55. The number of nitrogens with zero attached hydrogens (tertiary/aromatic N) is 3. The van der Waals surface area contributed by atoms with Gasteiger partial charge in [0.05, 0.1) is 12.8 Å². The molecule has 2 rings (SSSR count). The Balaban J connectivity index is 2.27. The molecule has 2 aromatic heterocycles. The highest BCUT2D eigenvalue weighted by Gasteiger charge is 2.20. The summed E-state index contributed by atoms with van der Waals surface area (Å²) in [6.45, 7) is 9.78. The van der Waals surface area contributed by atoms with Crippen molar-refractivity contribution < 1.29 is 14.3 Å². The Labute approximate surface area is 180 Å². The number of aryl methyl sites for hydroxylation is 1. The molecule has 2 heterocycles. The van der Waals surface area contributed by atoms with E-state index < -0.39 is 5.60 Å². The second kappa shape index (κ2) is 11.0. The largest absolute Gasteiger partial charge is 0.493 e. The van der Waals surface area contributed by atoms with Crippen LogP contribution in [0.2, 0.25) is 0 Å². The van der Waals surface area contributed by atoms with Gasteiger partial charge in [0.2, 0.25) is 0 Å². The summed E-state index contributed by atoms with van der Waals surface area (Å²) in [5.41, 5.74) is 1.84. The highest BCUT2D eigenvalue weighted by Crippen LogP contribution is 2.25. The minimum absolute atomic E-state index is 0.272. The van der Waals surface area contributed by atoms with Gasteiger partial charge in [0.1, 0.15) is 11.9 Å². The molecule has 0 saturated heterocycles. The number of esters is 1. The van der Waals surface area contributed by atoms with E-state index in [0.29, 0.717) is 23.6 Å². The molecule has 0 amide bonds. The number of carbonyl (C=O) groups excluding carboxylic acids is 1. The summed E-state index contributed by atoms with van der Waals surface area (Å²) < 4.78 is 13.0. The zero-order chi connectivity index (χ0) is 22.1. The van der Waals surface area contributed by atoms with E-state index in [0.717, 1.165) is 24.1 Å². The van der Waals surface area contributed by atoms with Crippen LogP contribution in [-0.4, -0.2) is 33.2 Å². The highest BCUT2D eigenvalue weighted by atomic mass is 16.6. The Morgan fingerprint density at radius 1 is 1.17 bits per heavy atom. The number of unbranched alkanes of at least 4 members (excludes halogenated alkanes) is 4. The van der Waals surface area contributed by atoms with Crippen LogP contribution in [0.4, 0.5) is 0 Å². The van der Waals surface area contributed by atoms with Crippen molar-refractivity contribution in [2.24, 2.45) is 0 Å². The molecule has 0 atom stereocenters. The van der Waals surface area contributed by atoms with Crippen LogP contribution in [0.3, 0.4) is 0 Å². The molecule has 6 nitrogen and oxygen atoms in total. The van der Waals surface area contributed by atoms with Gasteiger partial charge in [0.25, 0.3) is 0 Å². The average Bonchev–Trinajstić information content (AvgIpc) is 3.11. The van der Waals surface area contributed by atoms with E-state index >= 15 is 0 Å². The lowest BCUT2D eigenvalue weighted by atomic mass is 10.0. The summed E-state index contributed by atoms with van der Waals surface area (Å²) in [7, 11) is 1.61. The number of pyridine rings is 1. The zero-order valence-electron chi connectivity index (χ0n) is 19.2. The first kappa shape index (κ1) is 23.6. The van der Waals surface area contributed by atoms with Crippen molar-refractivity contribution >= 4 is 12.0 Å². The van der Waals surface area contributed by atoms with Gasteiger partial charge in [-0.2, -0.15) is 0 Å². The maximum absolute atomic E-state index is 12.8. The molecule has 0 aliphatic rings. The maximum atomic E-state index is 12.8. The molecular weight excluding hydrogens is 378 g/mol. The molecular formula is C24H35N3O3. The van der Waals surface area contributed by atoms with Crippen LogP contribution < -0.4 is 4.74 Å². The Morgan fingerprint density at radius 3 is 2.50 bits per heavy atom. The number of imidazole rings is 1. The first-order valence-corrected chi connectivity index (χ1v) is 10.7. The molecule has 0 radical (unpaired) electrons. The van der Waals surface area contributed by atoms with Crippen molar-refractivity contribution in [2.75, 3.05) is 7.11 Å². The first-order chi connectivity index (χ1) is 14.2. The average molecular weight is 414 g/mol. The fraction of sp³-hybridized carbons (Fsp3) is 0.542. The summed E-state index contributed by atoms with van der Waals surface area (Å²) in [5, 5.41) is 0. The molecule has 0 saturated carbocycles. The lowest BCUT2D eigenvalue weighted by molar-refractivity contribution is -0.149. The molecule has 0 unspecified atom stereocenters. The number of rotatable bonds is 10. The van der Waals surface area contributed by atoms with Gasteiger partial charge in [-0.1, -0.05) is 32.6 Å². The number of hydrogen-bond acceptors (Lipinski definition) is 5. The van der Waals surface area contributed by atoms with E-state index in [9.17, 15) is 4.79 Å². The first-order valence-electron chi connectivity index (χ1n) is 10.7. The van der Waals surface area contributed by atoms with Gasteiger partial charge in [-0.15, -0.1) is 0 Å². The minimum atomic E-state index is -0.530. The second-order valence-electron chi connectivity index (χ2n) is 8.55. The fourth-order valence-corrected chi connectivity index (χ4v) is 3.11. The highest BCUT2D eigenvalue weighted by molar-refractivity contribution is 5.94. The van der Waals surface area contributed by atoms with Crippen LogP contribution in [-0.2, 0) is 9.53 Å². The summed E-state index contributed by atoms with van der Waals surface area (Å²) in [4.78, 5) is 21.6. The van der Waals surface area contributed by atoms with Crippen LogP contribution in [0, 0.1) is 6.92 Å². The van der Waals surface area contributed by atoms with E-state index in [2.05, 4.69) is 16.9 Å². The van der Waals surface area contributed by atoms with Gasteiger partial charge in [0, 0.05) is 18.0 Å². The van der Waals surface area contributed by atoms with Gasteiger partial charge >= 0.3 is 5.97 Å².